The lowest BCUT2D eigenvalue weighted by atomic mass is 10.3. The lowest BCUT2D eigenvalue weighted by Crippen LogP contribution is -2.27. The van der Waals surface area contributed by atoms with E-state index in [-0.39, 0.29) is 6.04 Å². The molecule has 1 unspecified atom stereocenters. The maximum absolute atomic E-state index is 5.84. The number of nitrogens with two attached hydrogens (primary N) is 1. The first kappa shape index (κ1) is 9.27. The summed E-state index contributed by atoms with van der Waals surface area (Å²) in [6, 6.07) is 4.06. The molecule has 1 aromatic heterocycles. The van der Waals surface area contributed by atoms with Crippen molar-refractivity contribution < 1.29 is 4.74 Å². The molecule has 1 aromatic rings. The van der Waals surface area contributed by atoms with Crippen LogP contribution in [0, 0.1) is 0 Å². The molecule has 2 rings (SSSR count). The Morgan fingerprint density at radius 1 is 1.64 bits per heavy atom. The summed E-state index contributed by atoms with van der Waals surface area (Å²) in [5.74, 6) is 1.73. The molecule has 0 aliphatic carbocycles. The van der Waals surface area contributed by atoms with Gasteiger partial charge in [0.15, 0.2) is 11.6 Å². The van der Waals surface area contributed by atoms with Crippen molar-refractivity contribution in [3.8, 4) is 5.75 Å². The van der Waals surface area contributed by atoms with Gasteiger partial charge in [0.2, 0.25) is 0 Å². The monoisotopic (exact) mass is 193 g/mol. The van der Waals surface area contributed by atoms with E-state index in [1.165, 1.54) is 0 Å². The molecule has 2 heterocycles. The Bertz CT molecular complexity index is 316. The van der Waals surface area contributed by atoms with E-state index in [4.69, 9.17) is 10.5 Å². The van der Waals surface area contributed by atoms with E-state index in [1.54, 1.807) is 13.3 Å². The molecule has 1 aliphatic rings. The molecule has 14 heavy (non-hydrogen) atoms. The molecule has 1 aliphatic heterocycles. The van der Waals surface area contributed by atoms with E-state index in [9.17, 15) is 0 Å². The summed E-state index contributed by atoms with van der Waals surface area (Å²) in [6.07, 6.45) is 2.81. The zero-order chi connectivity index (χ0) is 9.97. The van der Waals surface area contributed by atoms with Crippen molar-refractivity contribution in [2.75, 3.05) is 25.1 Å². The third-order valence-electron chi connectivity index (χ3n) is 2.50. The van der Waals surface area contributed by atoms with E-state index >= 15 is 0 Å². The second kappa shape index (κ2) is 3.84. The van der Waals surface area contributed by atoms with Gasteiger partial charge in [0, 0.05) is 25.3 Å². The van der Waals surface area contributed by atoms with Gasteiger partial charge in [-0.2, -0.15) is 0 Å². The molecule has 76 valence electrons. The predicted molar refractivity (Wildman–Crippen MR) is 55.6 cm³/mol. The number of anilines is 1. The van der Waals surface area contributed by atoms with Gasteiger partial charge in [-0.05, 0) is 18.6 Å². The second-order valence-corrected chi connectivity index (χ2v) is 3.52. The number of ether oxygens (including phenoxy) is 1. The normalized spacial score (nSPS) is 21.3. The predicted octanol–water partition coefficient (Wildman–Crippen LogP) is 0.628. The number of pyridine rings is 1. The van der Waals surface area contributed by atoms with Crippen molar-refractivity contribution in [2.45, 2.75) is 12.5 Å². The van der Waals surface area contributed by atoms with Gasteiger partial charge < -0.3 is 15.4 Å². The van der Waals surface area contributed by atoms with E-state index in [2.05, 4.69) is 9.88 Å². The fraction of sp³-hybridized carbons (Fsp3) is 0.500. The van der Waals surface area contributed by atoms with Crippen LogP contribution in [0.5, 0.6) is 5.75 Å². The van der Waals surface area contributed by atoms with Gasteiger partial charge >= 0.3 is 0 Å². The standard InChI is InChI=1S/C10H15N3O/c1-14-9-3-2-5-12-10(9)13-6-4-8(11)7-13/h2-3,5,8H,4,6-7,11H2,1H3. The summed E-state index contributed by atoms with van der Waals surface area (Å²) in [7, 11) is 1.66. The van der Waals surface area contributed by atoms with Crippen molar-refractivity contribution >= 4 is 5.82 Å². The van der Waals surface area contributed by atoms with E-state index in [0.29, 0.717) is 0 Å². The van der Waals surface area contributed by atoms with Gasteiger partial charge in [0.1, 0.15) is 0 Å². The Labute approximate surface area is 83.7 Å². The topological polar surface area (TPSA) is 51.4 Å². The first-order valence-corrected chi connectivity index (χ1v) is 4.81. The van der Waals surface area contributed by atoms with Crippen LogP contribution in [0.2, 0.25) is 0 Å². The fourth-order valence-corrected chi connectivity index (χ4v) is 1.76. The van der Waals surface area contributed by atoms with Crippen LogP contribution in [0.1, 0.15) is 6.42 Å². The summed E-state index contributed by atoms with van der Waals surface area (Å²) >= 11 is 0. The van der Waals surface area contributed by atoms with Gasteiger partial charge in [-0.15, -0.1) is 0 Å². The summed E-state index contributed by atoms with van der Waals surface area (Å²) in [5, 5.41) is 0. The molecule has 0 amide bonds. The summed E-state index contributed by atoms with van der Waals surface area (Å²) in [6.45, 7) is 1.84. The molecule has 0 radical (unpaired) electrons. The number of methoxy groups -OCH3 is 1. The van der Waals surface area contributed by atoms with Gasteiger partial charge in [0.25, 0.3) is 0 Å². The zero-order valence-electron chi connectivity index (χ0n) is 8.31. The quantitative estimate of drug-likeness (QED) is 0.748. The smallest absolute Gasteiger partial charge is 0.171 e. The Kier molecular flexibility index (Phi) is 2.54. The first-order valence-electron chi connectivity index (χ1n) is 4.81. The Balaban J connectivity index is 2.22. The van der Waals surface area contributed by atoms with Crippen LogP contribution >= 0.6 is 0 Å². The minimum Gasteiger partial charge on any atom is -0.493 e. The molecule has 4 nitrogen and oxygen atoms in total. The van der Waals surface area contributed by atoms with E-state index < -0.39 is 0 Å². The Hall–Kier alpha value is -1.29. The number of hydrogen-bond acceptors (Lipinski definition) is 4. The SMILES string of the molecule is COc1cccnc1N1CCC(N)C1. The summed E-state index contributed by atoms with van der Waals surface area (Å²) < 4.78 is 5.25. The molecule has 4 heteroatoms. The maximum Gasteiger partial charge on any atom is 0.171 e. The van der Waals surface area contributed by atoms with Crippen molar-refractivity contribution in [1.29, 1.82) is 0 Å². The number of hydrogen-bond donors (Lipinski definition) is 1. The highest BCUT2D eigenvalue weighted by Gasteiger charge is 2.22. The largest absolute Gasteiger partial charge is 0.493 e. The van der Waals surface area contributed by atoms with Gasteiger partial charge in [-0.3, -0.25) is 0 Å². The van der Waals surface area contributed by atoms with Crippen LogP contribution in [0.25, 0.3) is 0 Å². The van der Waals surface area contributed by atoms with E-state index in [1.807, 2.05) is 12.1 Å². The molecule has 1 atom stereocenters. The van der Waals surface area contributed by atoms with Crippen LogP contribution in [-0.4, -0.2) is 31.2 Å². The van der Waals surface area contributed by atoms with Crippen LogP contribution in [-0.2, 0) is 0 Å². The third kappa shape index (κ3) is 1.65. The average Bonchev–Trinajstić information content (AvgIpc) is 2.65. The molecule has 0 spiro atoms. The molecule has 1 saturated heterocycles. The second-order valence-electron chi connectivity index (χ2n) is 3.52. The molecular formula is C10H15N3O. The van der Waals surface area contributed by atoms with Crippen molar-refractivity contribution in [2.24, 2.45) is 5.73 Å². The van der Waals surface area contributed by atoms with Gasteiger partial charge in [0.05, 0.1) is 7.11 Å². The number of aromatic nitrogens is 1. The fourth-order valence-electron chi connectivity index (χ4n) is 1.76. The van der Waals surface area contributed by atoms with Crippen LogP contribution in [0.15, 0.2) is 18.3 Å². The van der Waals surface area contributed by atoms with Crippen molar-refractivity contribution in [3.05, 3.63) is 18.3 Å². The highest BCUT2D eigenvalue weighted by molar-refractivity contribution is 5.52. The van der Waals surface area contributed by atoms with Crippen LogP contribution < -0.4 is 15.4 Å². The lowest BCUT2D eigenvalue weighted by molar-refractivity contribution is 0.413. The molecule has 2 N–H and O–H groups in total. The summed E-state index contributed by atoms with van der Waals surface area (Å²) in [4.78, 5) is 6.48. The number of rotatable bonds is 2. The lowest BCUT2D eigenvalue weighted by Gasteiger charge is -2.18. The molecule has 1 fully saturated rings. The van der Waals surface area contributed by atoms with Crippen LogP contribution in [0.4, 0.5) is 5.82 Å². The van der Waals surface area contributed by atoms with Crippen molar-refractivity contribution in [1.82, 2.24) is 4.98 Å². The first-order chi connectivity index (χ1) is 6.81. The Morgan fingerprint density at radius 3 is 3.14 bits per heavy atom. The van der Waals surface area contributed by atoms with Crippen LogP contribution in [0.3, 0.4) is 0 Å². The molecule has 0 saturated carbocycles. The molecule has 0 aromatic carbocycles. The minimum absolute atomic E-state index is 0.265. The van der Waals surface area contributed by atoms with Crippen molar-refractivity contribution in [3.63, 3.8) is 0 Å². The molecule has 0 bridgehead atoms. The Morgan fingerprint density at radius 2 is 2.50 bits per heavy atom. The highest BCUT2D eigenvalue weighted by Crippen LogP contribution is 2.27. The number of nitrogens with zero attached hydrogens (tertiary/aromatic N) is 2. The average molecular weight is 193 g/mol. The maximum atomic E-state index is 5.84. The zero-order valence-corrected chi connectivity index (χ0v) is 8.31. The third-order valence-corrected chi connectivity index (χ3v) is 2.50. The van der Waals surface area contributed by atoms with Gasteiger partial charge in [-0.1, -0.05) is 0 Å². The minimum atomic E-state index is 0.265. The van der Waals surface area contributed by atoms with Gasteiger partial charge in [-0.25, -0.2) is 4.98 Å². The molecular weight excluding hydrogens is 178 g/mol. The summed E-state index contributed by atoms with van der Waals surface area (Å²) in [5.41, 5.74) is 5.84. The van der Waals surface area contributed by atoms with E-state index in [0.717, 1.165) is 31.1 Å². The highest BCUT2D eigenvalue weighted by atomic mass is 16.5.